The summed E-state index contributed by atoms with van der Waals surface area (Å²) in [6, 6.07) is 21.6. The van der Waals surface area contributed by atoms with E-state index in [1.165, 1.54) is 32.3 Å². The molecule has 214 valence electrons. The molecule has 2 aromatic carbocycles. The summed E-state index contributed by atoms with van der Waals surface area (Å²) in [6.45, 7) is 11.0. The molecule has 2 atom stereocenters. The van der Waals surface area contributed by atoms with E-state index < -0.39 is 0 Å². The van der Waals surface area contributed by atoms with Crippen LogP contribution in [0.3, 0.4) is 0 Å². The van der Waals surface area contributed by atoms with Gasteiger partial charge in [-0.3, -0.25) is 9.36 Å². The van der Waals surface area contributed by atoms with Crippen LogP contribution in [-0.4, -0.2) is 27.3 Å². The fraction of sp³-hybridized carbons (Fsp3) is 0.257. The maximum atomic E-state index is 13.6. The van der Waals surface area contributed by atoms with Gasteiger partial charge in [-0.05, 0) is 57.5 Å². The van der Waals surface area contributed by atoms with Gasteiger partial charge in [0.1, 0.15) is 16.1 Å². The van der Waals surface area contributed by atoms with Gasteiger partial charge in [-0.15, -0.1) is 11.3 Å². The summed E-state index contributed by atoms with van der Waals surface area (Å²) in [5.74, 6) is 0. The molecule has 2 unspecified atom stereocenters. The number of hydrogen-bond donors (Lipinski definition) is 0. The molecule has 4 aromatic rings. The Kier molecular flexibility index (Phi) is 8.52. The minimum Gasteiger partial charge on any atom is -0.359 e. The average molecular weight is 611 g/mol. The number of nitrogens with zero attached hydrogens (tertiary/aromatic N) is 3. The number of thiazole rings is 2. The molecule has 7 heteroatoms. The minimum atomic E-state index is 0.0795. The summed E-state index contributed by atoms with van der Waals surface area (Å²) in [4.78, 5) is 17.3. The first kappa shape index (κ1) is 28.7. The fourth-order valence-corrected chi connectivity index (χ4v) is 9.50. The third-order valence-corrected chi connectivity index (χ3v) is 11.4. The highest BCUT2D eigenvalue weighted by atomic mass is 32.2. The molecular weight excluding hydrogens is 575 g/mol. The van der Waals surface area contributed by atoms with E-state index in [0.29, 0.717) is 17.8 Å². The van der Waals surface area contributed by atoms with Crippen LogP contribution in [0.5, 0.6) is 0 Å². The number of allylic oxidation sites excluding steroid dienone is 3. The van der Waals surface area contributed by atoms with Crippen LogP contribution >= 0.6 is 34.4 Å². The van der Waals surface area contributed by atoms with Crippen molar-refractivity contribution in [3.63, 3.8) is 0 Å². The number of fused-ring (bicyclic) bond motifs is 1. The number of thioether (sulfide) groups is 1. The van der Waals surface area contributed by atoms with Crippen molar-refractivity contribution in [3.8, 4) is 21.7 Å². The van der Waals surface area contributed by atoms with Crippen molar-refractivity contribution >= 4 is 46.6 Å². The monoisotopic (exact) mass is 610 g/mol. The lowest BCUT2D eigenvalue weighted by Crippen LogP contribution is -2.36. The van der Waals surface area contributed by atoms with Gasteiger partial charge in [-0.1, -0.05) is 95.4 Å². The lowest BCUT2D eigenvalue weighted by Gasteiger charge is -2.26. The normalized spacial score (nSPS) is 20.0. The van der Waals surface area contributed by atoms with Crippen molar-refractivity contribution in [3.05, 3.63) is 120 Å². The standard InChI is InChI=1S/C35H36N3OS3/c1-5-36-27-22-24(4)18-19-28(27)40-30(36)21-20-29-35(39)38(7-3)32(41-29)23-31-37(6-2)33(25-14-10-8-11-15-25)34(42-31)26-16-12-9-13-17-26/h8-23,27-28H,5-7H2,1-4H3/q+1/b29-20+,30-21+. The van der Waals surface area contributed by atoms with Gasteiger partial charge in [0.2, 0.25) is 5.69 Å². The third-order valence-electron chi connectivity index (χ3n) is 7.79. The molecular formula is C35H36N3OS3+. The zero-order valence-corrected chi connectivity index (χ0v) is 26.9. The van der Waals surface area contributed by atoms with Crippen LogP contribution in [0, 0.1) is 0 Å². The molecule has 1 saturated heterocycles. The number of rotatable bonds is 7. The molecule has 3 heterocycles. The summed E-state index contributed by atoms with van der Waals surface area (Å²) in [5.41, 5.74) is 5.02. The first-order valence-corrected chi connectivity index (χ1v) is 17.1. The summed E-state index contributed by atoms with van der Waals surface area (Å²) >= 11 is 5.26. The SMILES string of the molecule is CCN1/C(=C\C=c2\s/c(=C/c3sc(-c4ccccc4)c(-c4ccccc4)[n+]3CC)n(CC)c2=O)SC2C=CC(C)=CC21. The van der Waals surface area contributed by atoms with Crippen LogP contribution in [0.2, 0.25) is 0 Å². The van der Waals surface area contributed by atoms with Gasteiger partial charge in [-0.2, -0.15) is 4.57 Å². The largest absolute Gasteiger partial charge is 0.359 e. The van der Waals surface area contributed by atoms with E-state index in [2.05, 4.69) is 128 Å². The number of benzene rings is 2. The maximum Gasteiger partial charge on any atom is 0.269 e. The lowest BCUT2D eigenvalue weighted by atomic mass is 10.0. The highest BCUT2D eigenvalue weighted by molar-refractivity contribution is 8.04. The molecule has 2 aromatic heterocycles. The summed E-state index contributed by atoms with van der Waals surface area (Å²) in [7, 11) is 0. The van der Waals surface area contributed by atoms with Crippen molar-refractivity contribution < 1.29 is 4.57 Å². The van der Waals surface area contributed by atoms with Crippen LogP contribution < -0.4 is 19.3 Å². The third kappa shape index (κ3) is 5.41. The first-order chi connectivity index (χ1) is 20.5. The Morgan fingerprint density at radius 1 is 0.905 bits per heavy atom. The molecule has 0 radical (unpaired) electrons. The van der Waals surface area contributed by atoms with Crippen molar-refractivity contribution in [2.45, 2.75) is 52.1 Å². The molecule has 0 bridgehead atoms. The number of hydrogen-bond acceptors (Lipinski definition) is 5. The van der Waals surface area contributed by atoms with Gasteiger partial charge in [0.25, 0.3) is 10.6 Å². The zero-order valence-electron chi connectivity index (χ0n) is 24.5. The van der Waals surface area contributed by atoms with E-state index in [1.807, 2.05) is 22.4 Å². The Labute approximate surface area is 260 Å². The predicted molar refractivity (Wildman–Crippen MR) is 181 cm³/mol. The van der Waals surface area contributed by atoms with Crippen molar-refractivity contribution in [2.24, 2.45) is 0 Å². The predicted octanol–water partition coefficient (Wildman–Crippen LogP) is 6.41. The minimum absolute atomic E-state index is 0.0795. The second kappa shape index (κ2) is 12.5. The van der Waals surface area contributed by atoms with E-state index in [4.69, 9.17) is 0 Å². The Hall–Kier alpha value is -3.39. The van der Waals surface area contributed by atoms with Crippen LogP contribution in [0.1, 0.15) is 32.7 Å². The highest BCUT2D eigenvalue weighted by Crippen LogP contribution is 2.42. The van der Waals surface area contributed by atoms with Gasteiger partial charge < -0.3 is 4.90 Å². The first-order valence-electron chi connectivity index (χ1n) is 14.6. The zero-order chi connectivity index (χ0) is 29.2. The van der Waals surface area contributed by atoms with Crippen LogP contribution in [0.25, 0.3) is 33.9 Å². The van der Waals surface area contributed by atoms with E-state index in [0.717, 1.165) is 27.3 Å². The van der Waals surface area contributed by atoms with E-state index in [9.17, 15) is 4.79 Å². The second-order valence-corrected chi connectivity index (χ2v) is 13.7. The Balaban J connectivity index is 1.47. The van der Waals surface area contributed by atoms with Gasteiger partial charge in [0.15, 0.2) is 0 Å². The molecule has 1 aliphatic heterocycles. The van der Waals surface area contributed by atoms with Gasteiger partial charge in [0, 0.05) is 18.7 Å². The smallest absolute Gasteiger partial charge is 0.269 e. The molecule has 1 fully saturated rings. The summed E-state index contributed by atoms with van der Waals surface area (Å²) < 4.78 is 6.05. The topological polar surface area (TPSA) is 29.1 Å². The molecule has 2 aliphatic rings. The molecule has 0 saturated carbocycles. The molecule has 6 rings (SSSR count). The summed E-state index contributed by atoms with van der Waals surface area (Å²) in [6.07, 6.45) is 13.3. The van der Waals surface area contributed by atoms with E-state index >= 15 is 0 Å². The van der Waals surface area contributed by atoms with Crippen molar-refractivity contribution in [1.29, 1.82) is 0 Å². The molecule has 4 nitrogen and oxygen atoms in total. The van der Waals surface area contributed by atoms with E-state index in [1.54, 1.807) is 22.7 Å². The Morgan fingerprint density at radius 2 is 1.62 bits per heavy atom. The van der Waals surface area contributed by atoms with Crippen molar-refractivity contribution in [2.75, 3.05) is 6.54 Å². The quantitative estimate of drug-likeness (QED) is 0.227. The van der Waals surface area contributed by atoms with Crippen molar-refractivity contribution in [1.82, 2.24) is 9.47 Å². The molecule has 1 aliphatic carbocycles. The fourth-order valence-electron chi connectivity index (χ4n) is 5.75. The molecule has 42 heavy (non-hydrogen) atoms. The summed E-state index contributed by atoms with van der Waals surface area (Å²) in [5, 5.41) is 2.80. The average Bonchev–Trinajstić information content (AvgIpc) is 3.66. The number of likely N-dealkylation sites (N-methyl/N-ethyl adjacent to an activating group) is 1. The number of aromatic nitrogens is 2. The van der Waals surface area contributed by atoms with Crippen LogP contribution in [0.15, 0.2) is 100 Å². The van der Waals surface area contributed by atoms with Gasteiger partial charge in [-0.25, -0.2) is 0 Å². The highest BCUT2D eigenvalue weighted by Gasteiger charge is 2.35. The Bertz CT molecular complexity index is 1860. The molecule has 0 spiro atoms. The molecule has 0 amide bonds. The second-order valence-electron chi connectivity index (χ2n) is 10.4. The lowest BCUT2D eigenvalue weighted by molar-refractivity contribution is -0.679. The Morgan fingerprint density at radius 3 is 2.29 bits per heavy atom. The van der Waals surface area contributed by atoms with E-state index in [-0.39, 0.29) is 5.56 Å². The molecule has 0 N–H and O–H groups in total. The van der Waals surface area contributed by atoms with Gasteiger partial charge in [0.05, 0.1) is 26.9 Å². The maximum absolute atomic E-state index is 13.6. The van der Waals surface area contributed by atoms with Crippen LogP contribution in [-0.2, 0) is 13.1 Å². The van der Waals surface area contributed by atoms with Crippen LogP contribution in [0.4, 0.5) is 0 Å². The van der Waals surface area contributed by atoms with Gasteiger partial charge >= 0.3 is 0 Å².